The van der Waals surface area contributed by atoms with Crippen molar-refractivity contribution in [2.75, 3.05) is 6.61 Å². The van der Waals surface area contributed by atoms with Crippen molar-refractivity contribution < 1.29 is 14.6 Å². The molecule has 0 heterocycles. The molecule has 1 rings (SSSR count). The lowest BCUT2D eigenvalue weighted by Crippen LogP contribution is -2.34. The first-order valence-electron chi connectivity index (χ1n) is 5.71. The van der Waals surface area contributed by atoms with E-state index in [2.05, 4.69) is 5.32 Å². The van der Waals surface area contributed by atoms with Gasteiger partial charge in [0.1, 0.15) is 5.75 Å². The first-order valence-corrected chi connectivity index (χ1v) is 5.71. The van der Waals surface area contributed by atoms with Crippen LogP contribution in [0.3, 0.4) is 0 Å². The lowest BCUT2D eigenvalue weighted by atomic mass is 10.2. The molecule has 2 N–H and O–H groups in total. The third-order valence-electron chi connectivity index (χ3n) is 2.12. The van der Waals surface area contributed by atoms with Gasteiger partial charge in [-0.1, -0.05) is 6.07 Å². The van der Waals surface area contributed by atoms with Crippen LogP contribution in [0, 0.1) is 0 Å². The number of hydrogen-bond acceptors (Lipinski definition) is 3. The van der Waals surface area contributed by atoms with Gasteiger partial charge in [0.15, 0.2) is 0 Å². The number of rotatable bonds is 5. The average Bonchev–Trinajstić information content (AvgIpc) is 2.28. The van der Waals surface area contributed by atoms with Crippen molar-refractivity contribution in [1.82, 2.24) is 5.32 Å². The highest BCUT2D eigenvalue weighted by molar-refractivity contribution is 5.94. The molecular formula is C13H19NO3. The molecule has 1 atom stereocenters. The summed E-state index contributed by atoms with van der Waals surface area (Å²) in [5.41, 5.74) is 0.531. The fraction of sp³-hybridized carbons (Fsp3) is 0.462. The van der Waals surface area contributed by atoms with Crippen molar-refractivity contribution in [3.63, 3.8) is 0 Å². The maximum absolute atomic E-state index is 11.8. The van der Waals surface area contributed by atoms with E-state index in [0.717, 1.165) is 0 Å². The highest BCUT2D eigenvalue weighted by Gasteiger charge is 2.09. The Morgan fingerprint density at radius 1 is 1.41 bits per heavy atom. The van der Waals surface area contributed by atoms with E-state index in [9.17, 15) is 4.79 Å². The summed E-state index contributed by atoms with van der Waals surface area (Å²) >= 11 is 0. The van der Waals surface area contributed by atoms with Gasteiger partial charge in [0, 0.05) is 11.6 Å². The maximum atomic E-state index is 11.8. The number of carbonyl (C=O) groups is 1. The topological polar surface area (TPSA) is 58.6 Å². The summed E-state index contributed by atoms with van der Waals surface area (Å²) in [6.45, 7) is 5.53. The van der Waals surface area contributed by atoms with Gasteiger partial charge >= 0.3 is 0 Å². The molecule has 1 aromatic rings. The minimum atomic E-state index is -0.253. The summed E-state index contributed by atoms with van der Waals surface area (Å²) < 4.78 is 5.51. The standard InChI is InChI=1S/C13H19NO3/c1-9(2)17-12-6-4-5-11(7-12)13(16)14-10(3)8-15/h4-7,9-10,15H,8H2,1-3H3,(H,14,16)/t10-/m1/s1. The van der Waals surface area contributed by atoms with Crippen LogP contribution < -0.4 is 10.1 Å². The van der Waals surface area contributed by atoms with E-state index in [0.29, 0.717) is 11.3 Å². The third kappa shape index (κ3) is 4.44. The summed E-state index contributed by atoms with van der Waals surface area (Å²) in [6, 6.07) is 6.74. The summed E-state index contributed by atoms with van der Waals surface area (Å²) in [5, 5.41) is 11.5. The third-order valence-corrected chi connectivity index (χ3v) is 2.12. The van der Waals surface area contributed by atoms with E-state index < -0.39 is 0 Å². The summed E-state index contributed by atoms with van der Waals surface area (Å²) in [5.74, 6) is 0.463. The number of hydrogen-bond donors (Lipinski definition) is 2. The molecule has 0 aliphatic carbocycles. The quantitative estimate of drug-likeness (QED) is 0.817. The van der Waals surface area contributed by atoms with Crippen molar-refractivity contribution in [2.24, 2.45) is 0 Å². The van der Waals surface area contributed by atoms with Crippen LogP contribution in [0.5, 0.6) is 5.75 Å². The molecule has 0 aromatic heterocycles. The Kier molecular flexibility index (Phi) is 4.97. The van der Waals surface area contributed by atoms with Gasteiger partial charge in [-0.25, -0.2) is 0 Å². The molecule has 0 fully saturated rings. The van der Waals surface area contributed by atoms with Gasteiger partial charge in [-0.2, -0.15) is 0 Å². The van der Waals surface area contributed by atoms with E-state index in [1.54, 1.807) is 25.1 Å². The zero-order valence-corrected chi connectivity index (χ0v) is 10.4. The molecule has 0 saturated heterocycles. The van der Waals surface area contributed by atoms with E-state index >= 15 is 0 Å². The van der Waals surface area contributed by atoms with Crippen LogP contribution in [0.15, 0.2) is 24.3 Å². The SMILES string of the molecule is CC(C)Oc1cccc(C(=O)N[C@H](C)CO)c1. The Bertz CT molecular complexity index is 377. The highest BCUT2D eigenvalue weighted by atomic mass is 16.5. The molecule has 0 spiro atoms. The van der Waals surface area contributed by atoms with Crippen LogP contribution in [-0.2, 0) is 0 Å². The molecule has 0 aliphatic heterocycles. The van der Waals surface area contributed by atoms with Crippen LogP contribution in [0.4, 0.5) is 0 Å². The van der Waals surface area contributed by atoms with Crippen molar-refractivity contribution in [3.05, 3.63) is 29.8 Å². The maximum Gasteiger partial charge on any atom is 0.251 e. The molecule has 0 radical (unpaired) electrons. The number of amides is 1. The van der Waals surface area contributed by atoms with E-state index in [4.69, 9.17) is 9.84 Å². The first-order chi connectivity index (χ1) is 8.02. The molecule has 0 saturated carbocycles. The zero-order chi connectivity index (χ0) is 12.8. The van der Waals surface area contributed by atoms with Crippen LogP contribution in [-0.4, -0.2) is 29.8 Å². The van der Waals surface area contributed by atoms with Gasteiger partial charge in [0.25, 0.3) is 5.91 Å². The van der Waals surface area contributed by atoms with Gasteiger partial charge in [0.05, 0.1) is 12.7 Å². The molecule has 0 bridgehead atoms. The zero-order valence-electron chi connectivity index (χ0n) is 10.4. The van der Waals surface area contributed by atoms with Crippen LogP contribution in [0.1, 0.15) is 31.1 Å². The molecule has 0 unspecified atom stereocenters. The normalized spacial score (nSPS) is 12.3. The van der Waals surface area contributed by atoms with Gasteiger partial charge in [-0.05, 0) is 39.0 Å². The molecule has 0 aliphatic rings. The van der Waals surface area contributed by atoms with Crippen molar-refractivity contribution in [3.8, 4) is 5.75 Å². The molecule has 94 valence electrons. The lowest BCUT2D eigenvalue weighted by molar-refractivity contribution is 0.0921. The van der Waals surface area contributed by atoms with E-state index in [1.165, 1.54) is 0 Å². The molecule has 1 aromatic carbocycles. The van der Waals surface area contributed by atoms with Crippen LogP contribution in [0.25, 0.3) is 0 Å². The van der Waals surface area contributed by atoms with E-state index in [-0.39, 0.29) is 24.7 Å². The second-order valence-corrected chi connectivity index (χ2v) is 4.25. The predicted octanol–water partition coefficient (Wildman–Crippen LogP) is 1.58. The Balaban J connectivity index is 2.73. The number of carbonyl (C=O) groups excluding carboxylic acids is 1. The molecule has 4 heteroatoms. The average molecular weight is 237 g/mol. The fourth-order valence-electron chi connectivity index (χ4n) is 1.34. The van der Waals surface area contributed by atoms with E-state index in [1.807, 2.05) is 19.9 Å². The Morgan fingerprint density at radius 2 is 2.12 bits per heavy atom. The monoisotopic (exact) mass is 237 g/mol. The highest BCUT2D eigenvalue weighted by Crippen LogP contribution is 2.14. The summed E-state index contributed by atoms with van der Waals surface area (Å²) in [4.78, 5) is 11.8. The Labute approximate surface area is 102 Å². The second-order valence-electron chi connectivity index (χ2n) is 4.25. The van der Waals surface area contributed by atoms with Crippen LogP contribution in [0.2, 0.25) is 0 Å². The summed E-state index contributed by atoms with van der Waals surface area (Å²) in [7, 11) is 0. The largest absolute Gasteiger partial charge is 0.491 e. The predicted molar refractivity (Wildman–Crippen MR) is 66.2 cm³/mol. The van der Waals surface area contributed by atoms with Crippen molar-refractivity contribution in [2.45, 2.75) is 32.9 Å². The van der Waals surface area contributed by atoms with Crippen LogP contribution >= 0.6 is 0 Å². The summed E-state index contributed by atoms with van der Waals surface area (Å²) in [6.07, 6.45) is 0.0738. The van der Waals surface area contributed by atoms with Gasteiger partial charge < -0.3 is 15.2 Å². The Hall–Kier alpha value is -1.55. The van der Waals surface area contributed by atoms with Crippen molar-refractivity contribution >= 4 is 5.91 Å². The molecule has 4 nitrogen and oxygen atoms in total. The number of ether oxygens (including phenoxy) is 1. The molecular weight excluding hydrogens is 218 g/mol. The lowest BCUT2D eigenvalue weighted by Gasteiger charge is -2.13. The minimum Gasteiger partial charge on any atom is -0.491 e. The number of benzene rings is 1. The number of nitrogens with one attached hydrogen (secondary N) is 1. The number of aliphatic hydroxyl groups is 1. The smallest absolute Gasteiger partial charge is 0.251 e. The van der Waals surface area contributed by atoms with Crippen molar-refractivity contribution in [1.29, 1.82) is 0 Å². The minimum absolute atomic E-state index is 0.0738. The van der Waals surface area contributed by atoms with Gasteiger partial charge in [-0.3, -0.25) is 4.79 Å². The fourth-order valence-corrected chi connectivity index (χ4v) is 1.34. The number of aliphatic hydroxyl groups excluding tert-OH is 1. The van der Waals surface area contributed by atoms with Gasteiger partial charge in [0.2, 0.25) is 0 Å². The molecule has 17 heavy (non-hydrogen) atoms. The van der Waals surface area contributed by atoms with Gasteiger partial charge in [-0.15, -0.1) is 0 Å². The Morgan fingerprint density at radius 3 is 2.71 bits per heavy atom. The second kappa shape index (κ2) is 6.25. The first kappa shape index (κ1) is 13.5. The molecule has 1 amide bonds.